The zero-order chi connectivity index (χ0) is 15.1. The topological polar surface area (TPSA) is 52.6 Å². The number of methoxy groups -OCH3 is 2. The minimum absolute atomic E-state index is 0.448. The Hall–Kier alpha value is -1.79. The lowest BCUT2D eigenvalue weighted by atomic mass is 10.1. The summed E-state index contributed by atoms with van der Waals surface area (Å²) in [4.78, 5) is 5.09. The molecule has 0 amide bonds. The van der Waals surface area contributed by atoms with Gasteiger partial charge in [-0.2, -0.15) is 0 Å². The molecule has 0 atom stereocenters. The molecule has 0 aliphatic rings. The molecular weight excluding hydrogens is 288 g/mol. The smallest absolute Gasteiger partial charge is 0.203 e. The van der Waals surface area contributed by atoms with Gasteiger partial charge in [-0.15, -0.1) is 11.3 Å². The van der Waals surface area contributed by atoms with E-state index in [-0.39, 0.29) is 0 Å². The van der Waals surface area contributed by atoms with Gasteiger partial charge in [0.05, 0.1) is 24.6 Å². The Morgan fingerprint density at radius 1 is 1.19 bits per heavy atom. The van der Waals surface area contributed by atoms with Crippen LogP contribution in [0.25, 0.3) is 0 Å². The largest absolute Gasteiger partial charge is 0.493 e. The van der Waals surface area contributed by atoms with Gasteiger partial charge >= 0.3 is 0 Å². The molecule has 2 rings (SSSR count). The van der Waals surface area contributed by atoms with Crippen molar-refractivity contribution in [2.75, 3.05) is 20.8 Å². The van der Waals surface area contributed by atoms with Crippen molar-refractivity contribution in [2.45, 2.75) is 20.1 Å². The van der Waals surface area contributed by atoms with E-state index in [1.165, 1.54) is 0 Å². The summed E-state index contributed by atoms with van der Waals surface area (Å²) in [6.07, 6.45) is 1.79. The SMILES string of the molecule is CCNCc1cc(OC)c(OCc2cncs2)c(OC)c1. The Morgan fingerprint density at radius 2 is 1.90 bits per heavy atom. The van der Waals surface area contributed by atoms with E-state index in [1.54, 1.807) is 37.3 Å². The summed E-state index contributed by atoms with van der Waals surface area (Å²) in [5.41, 5.74) is 2.88. The summed E-state index contributed by atoms with van der Waals surface area (Å²) in [6, 6.07) is 3.93. The number of hydrogen-bond acceptors (Lipinski definition) is 6. The fourth-order valence-corrected chi connectivity index (χ4v) is 2.41. The summed E-state index contributed by atoms with van der Waals surface area (Å²) >= 11 is 1.56. The molecule has 1 N–H and O–H groups in total. The van der Waals surface area contributed by atoms with Crippen molar-refractivity contribution in [1.29, 1.82) is 0 Å². The minimum Gasteiger partial charge on any atom is -0.493 e. The number of hydrogen-bond donors (Lipinski definition) is 1. The van der Waals surface area contributed by atoms with Gasteiger partial charge in [0.15, 0.2) is 11.5 Å². The second kappa shape index (κ2) is 7.85. The first kappa shape index (κ1) is 15.6. The average Bonchev–Trinajstić information content (AvgIpc) is 3.03. The molecule has 0 unspecified atom stereocenters. The fraction of sp³-hybridized carbons (Fsp3) is 0.400. The van der Waals surface area contributed by atoms with Gasteiger partial charge in [-0.25, -0.2) is 0 Å². The highest BCUT2D eigenvalue weighted by Crippen LogP contribution is 2.39. The van der Waals surface area contributed by atoms with Crippen LogP contribution in [-0.2, 0) is 13.2 Å². The van der Waals surface area contributed by atoms with E-state index in [2.05, 4.69) is 17.2 Å². The van der Waals surface area contributed by atoms with Gasteiger partial charge in [-0.05, 0) is 24.2 Å². The van der Waals surface area contributed by atoms with Crippen LogP contribution >= 0.6 is 11.3 Å². The molecular formula is C15H20N2O3S. The van der Waals surface area contributed by atoms with Gasteiger partial charge in [0.25, 0.3) is 0 Å². The number of rotatable bonds is 8. The molecule has 0 radical (unpaired) electrons. The van der Waals surface area contributed by atoms with E-state index < -0.39 is 0 Å². The molecule has 2 aromatic rings. The minimum atomic E-state index is 0.448. The van der Waals surface area contributed by atoms with Gasteiger partial charge in [-0.1, -0.05) is 6.92 Å². The van der Waals surface area contributed by atoms with E-state index in [4.69, 9.17) is 14.2 Å². The summed E-state index contributed by atoms with van der Waals surface area (Å²) < 4.78 is 16.7. The van der Waals surface area contributed by atoms with E-state index in [1.807, 2.05) is 12.1 Å². The van der Waals surface area contributed by atoms with Gasteiger partial charge < -0.3 is 19.5 Å². The van der Waals surface area contributed by atoms with E-state index in [0.717, 1.165) is 23.5 Å². The first-order chi connectivity index (χ1) is 10.3. The van der Waals surface area contributed by atoms with E-state index in [9.17, 15) is 0 Å². The van der Waals surface area contributed by atoms with Gasteiger partial charge in [0.1, 0.15) is 6.61 Å². The first-order valence-electron chi connectivity index (χ1n) is 6.74. The zero-order valence-electron chi connectivity index (χ0n) is 12.5. The second-order valence-electron chi connectivity index (χ2n) is 4.37. The van der Waals surface area contributed by atoms with Crippen molar-refractivity contribution in [1.82, 2.24) is 10.3 Å². The third-order valence-corrected chi connectivity index (χ3v) is 3.69. The quantitative estimate of drug-likeness (QED) is 0.812. The Kier molecular flexibility index (Phi) is 5.83. The van der Waals surface area contributed by atoms with Crippen molar-refractivity contribution >= 4 is 11.3 Å². The lowest BCUT2D eigenvalue weighted by Crippen LogP contribution is -2.12. The Labute approximate surface area is 128 Å². The van der Waals surface area contributed by atoms with Crippen molar-refractivity contribution < 1.29 is 14.2 Å². The normalized spacial score (nSPS) is 10.4. The Balaban J connectivity index is 2.21. The maximum Gasteiger partial charge on any atom is 0.203 e. The molecule has 1 heterocycles. The third-order valence-electron chi connectivity index (χ3n) is 2.94. The lowest BCUT2D eigenvalue weighted by molar-refractivity contribution is 0.267. The van der Waals surface area contributed by atoms with Crippen LogP contribution in [0.1, 0.15) is 17.4 Å². The lowest BCUT2D eigenvalue weighted by Gasteiger charge is -2.16. The monoisotopic (exact) mass is 308 g/mol. The van der Waals surface area contributed by atoms with Crippen LogP contribution in [0.15, 0.2) is 23.8 Å². The van der Waals surface area contributed by atoms with Crippen LogP contribution in [-0.4, -0.2) is 25.7 Å². The Bertz CT molecular complexity index is 533. The molecule has 0 aliphatic heterocycles. The predicted octanol–water partition coefficient (Wildman–Crippen LogP) is 2.85. The van der Waals surface area contributed by atoms with Crippen molar-refractivity contribution in [3.63, 3.8) is 0 Å². The summed E-state index contributed by atoms with van der Waals surface area (Å²) in [5.74, 6) is 1.96. The second-order valence-corrected chi connectivity index (χ2v) is 5.34. The molecule has 1 aromatic carbocycles. The van der Waals surface area contributed by atoms with Crippen molar-refractivity contribution in [3.05, 3.63) is 34.3 Å². The van der Waals surface area contributed by atoms with Crippen LogP contribution in [0.3, 0.4) is 0 Å². The van der Waals surface area contributed by atoms with Crippen LogP contribution in [0, 0.1) is 0 Å². The van der Waals surface area contributed by atoms with Crippen LogP contribution in [0.2, 0.25) is 0 Å². The molecule has 0 fully saturated rings. The molecule has 5 nitrogen and oxygen atoms in total. The molecule has 1 aromatic heterocycles. The summed E-state index contributed by atoms with van der Waals surface area (Å²) in [7, 11) is 3.26. The van der Waals surface area contributed by atoms with Crippen LogP contribution in [0.5, 0.6) is 17.2 Å². The van der Waals surface area contributed by atoms with Crippen molar-refractivity contribution in [3.8, 4) is 17.2 Å². The molecule has 114 valence electrons. The molecule has 0 saturated heterocycles. The maximum absolute atomic E-state index is 5.85. The molecule has 0 bridgehead atoms. The number of nitrogens with one attached hydrogen (secondary N) is 1. The highest BCUT2D eigenvalue weighted by atomic mass is 32.1. The van der Waals surface area contributed by atoms with E-state index in [0.29, 0.717) is 23.9 Å². The highest BCUT2D eigenvalue weighted by molar-refractivity contribution is 7.09. The molecule has 6 heteroatoms. The zero-order valence-corrected chi connectivity index (χ0v) is 13.3. The molecule has 0 aliphatic carbocycles. The summed E-state index contributed by atoms with van der Waals surface area (Å²) in [6.45, 7) is 4.19. The highest BCUT2D eigenvalue weighted by Gasteiger charge is 2.14. The summed E-state index contributed by atoms with van der Waals surface area (Å²) in [5, 5.41) is 3.28. The van der Waals surface area contributed by atoms with Crippen LogP contribution < -0.4 is 19.5 Å². The van der Waals surface area contributed by atoms with Gasteiger partial charge in [0.2, 0.25) is 5.75 Å². The average molecular weight is 308 g/mol. The molecule has 0 saturated carbocycles. The van der Waals surface area contributed by atoms with Gasteiger partial charge in [0, 0.05) is 12.7 Å². The van der Waals surface area contributed by atoms with Gasteiger partial charge in [-0.3, -0.25) is 4.98 Å². The molecule has 0 spiro atoms. The van der Waals surface area contributed by atoms with Crippen LogP contribution in [0.4, 0.5) is 0 Å². The number of benzene rings is 1. The number of nitrogens with zero attached hydrogens (tertiary/aromatic N) is 1. The maximum atomic E-state index is 5.85. The number of thiazole rings is 1. The Morgan fingerprint density at radius 3 is 2.43 bits per heavy atom. The standard InChI is InChI=1S/C15H20N2O3S/c1-4-16-7-11-5-13(18-2)15(14(6-11)19-3)20-9-12-8-17-10-21-12/h5-6,8,10,16H,4,7,9H2,1-3H3. The number of aromatic nitrogens is 1. The molecule has 21 heavy (non-hydrogen) atoms. The fourth-order valence-electron chi connectivity index (χ4n) is 1.90. The third kappa shape index (κ3) is 4.09. The predicted molar refractivity (Wildman–Crippen MR) is 83.4 cm³/mol. The van der Waals surface area contributed by atoms with Crippen molar-refractivity contribution in [2.24, 2.45) is 0 Å². The first-order valence-corrected chi connectivity index (χ1v) is 7.62. The number of ether oxygens (including phenoxy) is 3. The van der Waals surface area contributed by atoms with E-state index >= 15 is 0 Å².